The summed E-state index contributed by atoms with van der Waals surface area (Å²) in [5, 5.41) is 0. The van der Waals surface area contributed by atoms with Crippen LogP contribution in [0.25, 0.3) is 0 Å². The van der Waals surface area contributed by atoms with Crippen LogP contribution in [0.2, 0.25) is 0 Å². The average Bonchev–Trinajstić information content (AvgIpc) is 2.39. The van der Waals surface area contributed by atoms with E-state index in [0.29, 0.717) is 18.8 Å². The van der Waals surface area contributed by atoms with Crippen LogP contribution in [-0.4, -0.2) is 19.7 Å². The standard InChI is InChI=1S/C14H17BrO3/c1-3-4-5-8-18-10-12-7-6-11(9-13(12)15)14(16)17-2/h3,6-7,9H,1,4-5,8,10H2,2H3. The lowest BCUT2D eigenvalue weighted by Gasteiger charge is -2.07. The van der Waals surface area contributed by atoms with Crippen LogP contribution in [0.4, 0.5) is 0 Å². The van der Waals surface area contributed by atoms with Crippen LogP contribution in [-0.2, 0) is 16.1 Å². The second-order valence-corrected chi connectivity index (χ2v) is 4.64. The van der Waals surface area contributed by atoms with Gasteiger partial charge in [0.05, 0.1) is 19.3 Å². The van der Waals surface area contributed by atoms with Gasteiger partial charge in [0.15, 0.2) is 0 Å². The van der Waals surface area contributed by atoms with Gasteiger partial charge in [-0.15, -0.1) is 6.58 Å². The van der Waals surface area contributed by atoms with Gasteiger partial charge in [-0.1, -0.05) is 28.1 Å². The minimum atomic E-state index is -0.339. The molecule has 0 aliphatic heterocycles. The number of hydrogen-bond donors (Lipinski definition) is 0. The molecule has 0 saturated carbocycles. The number of methoxy groups -OCH3 is 1. The highest BCUT2D eigenvalue weighted by Gasteiger charge is 2.08. The molecule has 0 saturated heterocycles. The van der Waals surface area contributed by atoms with Gasteiger partial charge in [0.1, 0.15) is 0 Å². The van der Waals surface area contributed by atoms with Gasteiger partial charge in [-0.25, -0.2) is 4.79 Å². The number of unbranched alkanes of at least 4 members (excludes halogenated alkanes) is 1. The molecule has 1 rings (SSSR count). The van der Waals surface area contributed by atoms with Crippen molar-refractivity contribution in [2.24, 2.45) is 0 Å². The van der Waals surface area contributed by atoms with Crippen LogP contribution in [0.3, 0.4) is 0 Å². The first-order valence-electron chi connectivity index (χ1n) is 5.74. The lowest BCUT2D eigenvalue weighted by molar-refractivity contribution is 0.0600. The smallest absolute Gasteiger partial charge is 0.337 e. The summed E-state index contributed by atoms with van der Waals surface area (Å²) in [7, 11) is 1.37. The summed E-state index contributed by atoms with van der Waals surface area (Å²) >= 11 is 3.42. The second kappa shape index (κ2) is 8.06. The molecule has 0 spiro atoms. The molecule has 0 unspecified atom stereocenters. The van der Waals surface area contributed by atoms with E-state index in [1.165, 1.54) is 7.11 Å². The first-order chi connectivity index (χ1) is 8.69. The number of carbonyl (C=O) groups excluding carboxylic acids is 1. The van der Waals surface area contributed by atoms with Crippen molar-refractivity contribution in [2.75, 3.05) is 13.7 Å². The number of carbonyl (C=O) groups is 1. The van der Waals surface area contributed by atoms with Crippen molar-refractivity contribution in [1.82, 2.24) is 0 Å². The highest BCUT2D eigenvalue weighted by Crippen LogP contribution is 2.20. The number of rotatable bonds is 7. The molecule has 0 amide bonds. The fraction of sp³-hybridized carbons (Fsp3) is 0.357. The summed E-state index contributed by atoms with van der Waals surface area (Å²) in [6, 6.07) is 5.34. The molecule has 0 aliphatic carbocycles. The molecular weight excluding hydrogens is 296 g/mol. The van der Waals surface area contributed by atoms with Crippen molar-refractivity contribution in [3.63, 3.8) is 0 Å². The third-order valence-electron chi connectivity index (χ3n) is 2.43. The second-order valence-electron chi connectivity index (χ2n) is 3.78. The van der Waals surface area contributed by atoms with E-state index in [9.17, 15) is 4.79 Å². The van der Waals surface area contributed by atoms with E-state index in [4.69, 9.17) is 4.74 Å². The van der Waals surface area contributed by atoms with Crippen molar-refractivity contribution in [1.29, 1.82) is 0 Å². The SMILES string of the molecule is C=CCCCOCc1ccc(C(=O)OC)cc1Br. The largest absolute Gasteiger partial charge is 0.465 e. The molecule has 1 aromatic carbocycles. The maximum Gasteiger partial charge on any atom is 0.337 e. The number of allylic oxidation sites excluding steroid dienone is 1. The van der Waals surface area contributed by atoms with E-state index < -0.39 is 0 Å². The van der Waals surface area contributed by atoms with Gasteiger partial charge in [-0.05, 0) is 30.5 Å². The average molecular weight is 313 g/mol. The lowest BCUT2D eigenvalue weighted by Crippen LogP contribution is -2.02. The molecule has 0 bridgehead atoms. The van der Waals surface area contributed by atoms with Crippen LogP contribution in [0.1, 0.15) is 28.8 Å². The Hall–Kier alpha value is -1.13. The first-order valence-corrected chi connectivity index (χ1v) is 6.53. The van der Waals surface area contributed by atoms with Crippen molar-refractivity contribution in [3.05, 3.63) is 46.5 Å². The molecule has 0 heterocycles. The quantitative estimate of drug-likeness (QED) is 0.437. The molecule has 0 atom stereocenters. The molecule has 1 aromatic rings. The predicted molar refractivity (Wildman–Crippen MR) is 74.6 cm³/mol. The van der Waals surface area contributed by atoms with Gasteiger partial charge in [0, 0.05) is 11.1 Å². The molecule has 0 radical (unpaired) electrons. The van der Waals surface area contributed by atoms with Gasteiger partial charge < -0.3 is 9.47 Å². The molecule has 0 N–H and O–H groups in total. The van der Waals surface area contributed by atoms with Gasteiger partial charge in [-0.3, -0.25) is 0 Å². The summed E-state index contributed by atoms with van der Waals surface area (Å²) < 4.78 is 11.0. The Morgan fingerprint density at radius 2 is 2.28 bits per heavy atom. The zero-order chi connectivity index (χ0) is 13.4. The highest BCUT2D eigenvalue weighted by atomic mass is 79.9. The normalized spacial score (nSPS) is 10.1. The van der Waals surface area contributed by atoms with E-state index in [2.05, 4.69) is 27.2 Å². The Morgan fingerprint density at radius 1 is 1.50 bits per heavy atom. The number of ether oxygens (including phenoxy) is 2. The number of benzene rings is 1. The summed E-state index contributed by atoms with van der Waals surface area (Å²) in [5.74, 6) is -0.339. The fourth-order valence-electron chi connectivity index (χ4n) is 1.42. The monoisotopic (exact) mass is 312 g/mol. The number of hydrogen-bond acceptors (Lipinski definition) is 3. The van der Waals surface area contributed by atoms with Crippen molar-refractivity contribution < 1.29 is 14.3 Å². The maximum atomic E-state index is 11.3. The Bertz CT molecular complexity index is 416. The number of halogens is 1. The van der Waals surface area contributed by atoms with E-state index in [1.807, 2.05) is 12.1 Å². The van der Waals surface area contributed by atoms with E-state index in [0.717, 1.165) is 22.9 Å². The zero-order valence-electron chi connectivity index (χ0n) is 10.4. The van der Waals surface area contributed by atoms with Crippen LogP contribution in [0, 0.1) is 0 Å². The topological polar surface area (TPSA) is 35.5 Å². The van der Waals surface area contributed by atoms with Crippen molar-refractivity contribution in [2.45, 2.75) is 19.4 Å². The van der Waals surface area contributed by atoms with Crippen LogP contribution in [0.15, 0.2) is 35.3 Å². The summed E-state index contributed by atoms with van der Waals surface area (Å²) in [5.41, 5.74) is 1.54. The Balaban J connectivity index is 2.52. The van der Waals surface area contributed by atoms with E-state index in [1.54, 1.807) is 12.1 Å². The van der Waals surface area contributed by atoms with E-state index >= 15 is 0 Å². The lowest BCUT2D eigenvalue weighted by atomic mass is 10.1. The molecule has 3 nitrogen and oxygen atoms in total. The minimum absolute atomic E-state index is 0.339. The summed E-state index contributed by atoms with van der Waals surface area (Å²) in [6.45, 7) is 4.89. The highest BCUT2D eigenvalue weighted by molar-refractivity contribution is 9.10. The fourth-order valence-corrected chi connectivity index (χ4v) is 1.91. The Morgan fingerprint density at radius 3 is 2.89 bits per heavy atom. The molecule has 0 fully saturated rings. The maximum absolute atomic E-state index is 11.3. The summed E-state index contributed by atoms with van der Waals surface area (Å²) in [4.78, 5) is 11.3. The van der Waals surface area contributed by atoms with Crippen LogP contribution >= 0.6 is 15.9 Å². The first kappa shape index (κ1) is 14.9. The predicted octanol–water partition coefficient (Wildman–Crippen LogP) is 3.72. The Kier molecular flexibility index (Phi) is 6.68. The summed E-state index contributed by atoms with van der Waals surface area (Å²) in [6.07, 6.45) is 3.81. The van der Waals surface area contributed by atoms with Crippen molar-refractivity contribution >= 4 is 21.9 Å². The van der Waals surface area contributed by atoms with Crippen LogP contribution < -0.4 is 0 Å². The van der Waals surface area contributed by atoms with Crippen molar-refractivity contribution in [3.8, 4) is 0 Å². The van der Waals surface area contributed by atoms with Gasteiger partial charge in [-0.2, -0.15) is 0 Å². The third kappa shape index (κ3) is 4.63. The molecule has 0 aromatic heterocycles. The molecular formula is C14H17BrO3. The Labute approximate surface area is 116 Å². The van der Waals surface area contributed by atoms with Gasteiger partial charge >= 0.3 is 5.97 Å². The molecule has 18 heavy (non-hydrogen) atoms. The molecule has 0 aliphatic rings. The zero-order valence-corrected chi connectivity index (χ0v) is 12.0. The molecule has 98 valence electrons. The third-order valence-corrected chi connectivity index (χ3v) is 3.17. The van der Waals surface area contributed by atoms with Gasteiger partial charge in [0.25, 0.3) is 0 Å². The molecule has 4 heteroatoms. The van der Waals surface area contributed by atoms with Crippen LogP contribution in [0.5, 0.6) is 0 Å². The van der Waals surface area contributed by atoms with E-state index in [-0.39, 0.29) is 5.97 Å². The van der Waals surface area contributed by atoms with Gasteiger partial charge in [0.2, 0.25) is 0 Å². The number of esters is 1. The minimum Gasteiger partial charge on any atom is -0.465 e.